The van der Waals surface area contributed by atoms with Gasteiger partial charge in [0.25, 0.3) is 0 Å². The fraction of sp³-hybridized carbons (Fsp3) is 0.714. The Bertz CT molecular complexity index is 634. The van der Waals surface area contributed by atoms with Crippen LogP contribution in [0.1, 0.15) is 52.4 Å². The normalized spacial score (nSPS) is 49.1. The molecule has 4 aliphatic rings. The first-order chi connectivity index (χ1) is 11.4. The average Bonchev–Trinajstić information content (AvgIpc) is 2.92. The maximum Gasteiger partial charge on any atom is 0.129 e. The van der Waals surface area contributed by atoms with Gasteiger partial charge in [-0.3, -0.25) is 0 Å². The van der Waals surface area contributed by atoms with Crippen molar-refractivity contribution in [3.63, 3.8) is 0 Å². The summed E-state index contributed by atoms with van der Waals surface area (Å²) in [5.41, 5.74) is 2.24. The lowest BCUT2D eigenvalue weighted by molar-refractivity contribution is -0.0161. The Morgan fingerprint density at radius 1 is 1.25 bits per heavy atom. The monoisotopic (exact) mass is 332 g/mol. The summed E-state index contributed by atoms with van der Waals surface area (Å²) in [7, 11) is 0. The van der Waals surface area contributed by atoms with Crippen LogP contribution in [-0.4, -0.2) is 22.9 Å². The number of halogens is 1. The van der Waals surface area contributed by atoms with E-state index in [1.54, 1.807) is 0 Å². The minimum atomic E-state index is -0.490. The summed E-state index contributed by atoms with van der Waals surface area (Å²) >= 11 is 0. The Morgan fingerprint density at radius 3 is 2.75 bits per heavy atom. The molecule has 6 atom stereocenters. The molecule has 0 bridgehead atoms. The van der Waals surface area contributed by atoms with Gasteiger partial charge in [-0.2, -0.15) is 0 Å². The third-order valence-electron chi connectivity index (χ3n) is 7.85. The number of hydrogen-bond acceptors (Lipinski definition) is 2. The third kappa shape index (κ3) is 2.13. The molecule has 0 radical (unpaired) electrons. The van der Waals surface area contributed by atoms with E-state index in [1.165, 1.54) is 5.57 Å². The van der Waals surface area contributed by atoms with E-state index < -0.39 is 6.61 Å². The highest BCUT2D eigenvalue weighted by Crippen LogP contribution is 2.64. The number of hydrogen-bond donors (Lipinski definition) is 2. The molecular weight excluding hydrogens is 303 g/mol. The van der Waals surface area contributed by atoms with Crippen LogP contribution in [0, 0.1) is 28.6 Å². The van der Waals surface area contributed by atoms with Gasteiger partial charge < -0.3 is 10.2 Å². The van der Waals surface area contributed by atoms with Gasteiger partial charge in [0, 0.05) is 5.41 Å². The van der Waals surface area contributed by atoms with Crippen LogP contribution < -0.4 is 0 Å². The maximum absolute atomic E-state index is 14.2. The summed E-state index contributed by atoms with van der Waals surface area (Å²) in [6.45, 7) is 4.09. The van der Waals surface area contributed by atoms with Gasteiger partial charge in [-0.15, -0.1) is 0 Å². The molecule has 2 fully saturated rings. The largest absolute Gasteiger partial charge is 0.393 e. The van der Waals surface area contributed by atoms with Crippen LogP contribution in [-0.2, 0) is 0 Å². The molecule has 2 N–H and O–H groups in total. The molecule has 4 aliphatic carbocycles. The van der Waals surface area contributed by atoms with Gasteiger partial charge in [0.15, 0.2) is 0 Å². The first kappa shape index (κ1) is 16.5. The molecule has 0 spiro atoms. The van der Waals surface area contributed by atoms with Crippen molar-refractivity contribution in [1.29, 1.82) is 0 Å². The minimum absolute atomic E-state index is 0.163. The fourth-order valence-corrected chi connectivity index (χ4v) is 6.44. The zero-order valence-corrected chi connectivity index (χ0v) is 14.8. The molecule has 4 rings (SSSR count). The Balaban J connectivity index is 1.69. The van der Waals surface area contributed by atoms with Gasteiger partial charge >= 0.3 is 0 Å². The second kappa shape index (κ2) is 5.54. The summed E-state index contributed by atoms with van der Waals surface area (Å²) < 4.78 is 14.2. The van der Waals surface area contributed by atoms with Crippen LogP contribution in [0.4, 0.5) is 4.39 Å². The first-order valence-corrected chi connectivity index (χ1v) is 9.46. The van der Waals surface area contributed by atoms with E-state index in [1.807, 2.05) is 6.08 Å². The zero-order valence-electron chi connectivity index (χ0n) is 14.8. The summed E-state index contributed by atoms with van der Waals surface area (Å²) in [5.74, 6) is 1.19. The molecule has 132 valence electrons. The highest BCUT2D eigenvalue weighted by atomic mass is 19.1. The van der Waals surface area contributed by atoms with Crippen molar-refractivity contribution in [2.75, 3.05) is 6.61 Å². The van der Waals surface area contributed by atoms with E-state index in [0.29, 0.717) is 17.8 Å². The molecule has 3 heteroatoms. The van der Waals surface area contributed by atoms with Crippen LogP contribution in [0.5, 0.6) is 0 Å². The average molecular weight is 332 g/mol. The minimum Gasteiger partial charge on any atom is -0.393 e. The molecule has 0 aliphatic heterocycles. The highest BCUT2D eigenvalue weighted by Gasteiger charge is 2.56. The molecule has 24 heavy (non-hydrogen) atoms. The molecule has 2 nitrogen and oxygen atoms in total. The lowest BCUT2D eigenvalue weighted by Gasteiger charge is -2.57. The number of aliphatic hydroxyl groups is 2. The topological polar surface area (TPSA) is 40.5 Å². The summed E-state index contributed by atoms with van der Waals surface area (Å²) in [6.07, 6.45) is 12.3. The Morgan fingerprint density at radius 2 is 2.00 bits per heavy atom. The van der Waals surface area contributed by atoms with Crippen molar-refractivity contribution in [3.05, 3.63) is 35.2 Å². The standard InChI is InChI=1S/C21H29FO2/c1-20-9-7-14(24)11-13(20)3-4-15-16-5-6-18(19(22)12-23)21(16,2)10-8-17(15)20/h3,5-6,14-17,23-24H,4,7-12H2,1-2H3/b19-18-. The molecule has 0 aromatic rings. The second-order valence-electron chi connectivity index (χ2n) is 8.87. The number of fused-ring (bicyclic) bond motifs is 5. The zero-order chi connectivity index (χ0) is 17.1. The SMILES string of the molecule is CC12CCC(O)CC1=CCC1C2CCC2(C)/C(=C(\F)CO)C=CC12. The first-order valence-electron chi connectivity index (χ1n) is 9.46. The number of allylic oxidation sites excluding steroid dienone is 4. The van der Waals surface area contributed by atoms with Crippen LogP contribution in [0.25, 0.3) is 0 Å². The highest BCUT2D eigenvalue weighted by molar-refractivity contribution is 5.40. The Hall–Kier alpha value is -0.930. The predicted octanol–water partition coefficient (Wildman–Crippen LogP) is 4.30. The molecule has 0 aromatic carbocycles. The van der Waals surface area contributed by atoms with Crippen LogP contribution in [0.15, 0.2) is 35.2 Å². The summed E-state index contributed by atoms with van der Waals surface area (Å²) in [6, 6.07) is 0. The van der Waals surface area contributed by atoms with Gasteiger partial charge in [0.1, 0.15) is 5.83 Å². The van der Waals surface area contributed by atoms with E-state index in [-0.39, 0.29) is 22.8 Å². The van der Waals surface area contributed by atoms with E-state index >= 15 is 0 Å². The van der Waals surface area contributed by atoms with Gasteiger partial charge in [0.2, 0.25) is 0 Å². The van der Waals surface area contributed by atoms with Crippen molar-refractivity contribution in [2.24, 2.45) is 28.6 Å². The number of aliphatic hydroxyl groups excluding tert-OH is 2. The molecular formula is C21H29FO2. The smallest absolute Gasteiger partial charge is 0.129 e. The van der Waals surface area contributed by atoms with Gasteiger partial charge in [0.05, 0.1) is 12.7 Å². The van der Waals surface area contributed by atoms with E-state index in [2.05, 4.69) is 26.0 Å². The van der Waals surface area contributed by atoms with E-state index in [9.17, 15) is 14.6 Å². The van der Waals surface area contributed by atoms with Crippen molar-refractivity contribution >= 4 is 0 Å². The van der Waals surface area contributed by atoms with Crippen molar-refractivity contribution in [3.8, 4) is 0 Å². The van der Waals surface area contributed by atoms with Crippen molar-refractivity contribution < 1.29 is 14.6 Å². The van der Waals surface area contributed by atoms with Crippen LogP contribution >= 0.6 is 0 Å². The fourth-order valence-electron chi connectivity index (χ4n) is 6.44. The quantitative estimate of drug-likeness (QED) is 0.703. The molecule has 0 heterocycles. The van der Waals surface area contributed by atoms with Crippen molar-refractivity contribution in [1.82, 2.24) is 0 Å². The van der Waals surface area contributed by atoms with Crippen LogP contribution in [0.2, 0.25) is 0 Å². The number of rotatable bonds is 1. The maximum atomic E-state index is 14.2. The molecule has 2 saturated carbocycles. The van der Waals surface area contributed by atoms with Gasteiger partial charge in [-0.25, -0.2) is 4.39 Å². The van der Waals surface area contributed by atoms with Crippen molar-refractivity contribution in [2.45, 2.75) is 58.5 Å². The lowest BCUT2D eigenvalue weighted by atomic mass is 9.47. The van der Waals surface area contributed by atoms with E-state index in [4.69, 9.17) is 0 Å². The Kier molecular flexibility index (Phi) is 3.81. The Labute approximate surface area is 144 Å². The predicted molar refractivity (Wildman–Crippen MR) is 92.8 cm³/mol. The molecule has 0 saturated heterocycles. The van der Waals surface area contributed by atoms with E-state index in [0.717, 1.165) is 44.1 Å². The van der Waals surface area contributed by atoms with Gasteiger partial charge in [-0.05, 0) is 67.3 Å². The lowest BCUT2D eigenvalue weighted by Crippen LogP contribution is -2.49. The summed E-state index contributed by atoms with van der Waals surface area (Å²) in [4.78, 5) is 0. The molecule has 0 amide bonds. The third-order valence-corrected chi connectivity index (χ3v) is 7.85. The van der Waals surface area contributed by atoms with Crippen LogP contribution in [0.3, 0.4) is 0 Å². The molecule has 6 unspecified atom stereocenters. The second-order valence-corrected chi connectivity index (χ2v) is 8.87. The molecule has 0 aromatic heterocycles. The summed E-state index contributed by atoms with van der Waals surface area (Å²) in [5, 5.41) is 19.3. The van der Waals surface area contributed by atoms with Gasteiger partial charge in [-0.1, -0.05) is 37.6 Å².